The number of nitrogens with one attached hydrogen (secondary N) is 1. The van der Waals surface area contributed by atoms with Crippen LogP contribution >= 0.6 is 0 Å². The molecule has 0 radical (unpaired) electrons. The minimum atomic E-state index is -0.291. The Morgan fingerprint density at radius 3 is 2.67 bits per heavy atom. The van der Waals surface area contributed by atoms with Crippen molar-refractivity contribution in [3.63, 3.8) is 0 Å². The number of rotatable bonds is 4. The van der Waals surface area contributed by atoms with E-state index >= 15 is 0 Å². The number of H-pyrrole nitrogens is 1. The van der Waals surface area contributed by atoms with Gasteiger partial charge < -0.3 is 4.74 Å². The van der Waals surface area contributed by atoms with Crippen LogP contribution in [0.15, 0.2) is 57.6 Å². The van der Waals surface area contributed by atoms with Crippen LogP contribution in [0.1, 0.15) is 11.3 Å². The zero-order valence-electron chi connectivity index (χ0n) is 13.6. The van der Waals surface area contributed by atoms with Gasteiger partial charge in [-0.05, 0) is 49.7 Å². The number of benzene rings is 1. The van der Waals surface area contributed by atoms with E-state index in [1.54, 1.807) is 44.5 Å². The molecule has 0 fully saturated rings. The zero-order valence-corrected chi connectivity index (χ0v) is 13.6. The van der Waals surface area contributed by atoms with Crippen LogP contribution in [-0.4, -0.2) is 21.9 Å². The standard InChI is InChI=1S/C17H17N5O2/c1-11-10-13(24-3)7-8-14(11)19-20-16-12(2)21-22(17(16)23)15-6-4-5-9-18-15/h4-10,21H,1-3H3. The van der Waals surface area contributed by atoms with Gasteiger partial charge in [0.15, 0.2) is 11.5 Å². The number of aromatic nitrogens is 3. The highest BCUT2D eigenvalue weighted by atomic mass is 16.5. The normalized spacial score (nSPS) is 11.1. The second kappa shape index (κ2) is 6.49. The highest BCUT2D eigenvalue weighted by Gasteiger charge is 2.12. The lowest BCUT2D eigenvalue weighted by Crippen LogP contribution is -2.15. The van der Waals surface area contributed by atoms with E-state index in [1.807, 2.05) is 19.1 Å². The topological polar surface area (TPSA) is 84.6 Å². The third-order valence-electron chi connectivity index (χ3n) is 3.58. The molecule has 1 N–H and O–H groups in total. The Hall–Kier alpha value is -3.22. The number of aromatic amines is 1. The van der Waals surface area contributed by atoms with Crippen molar-refractivity contribution in [2.75, 3.05) is 7.11 Å². The first-order valence-electron chi connectivity index (χ1n) is 7.39. The summed E-state index contributed by atoms with van der Waals surface area (Å²) in [5.41, 5.74) is 2.19. The Balaban J connectivity index is 1.97. The van der Waals surface area contributed by atoms with Crippen molar-refractivity contribution >= 4 is 11.4 Å². The fourth-order valence-electron chi connectivity index (χ4n) is 2.27. The molecule has 0 aliphatic carbocycles. The molecule has 7 heteroatoms. The first-order chi connectivity index (χ1) is 11.6. The van der Waals surface area contributed by atoms with Crippen molar-refractivity contribution in [3.8, 4) is 11.6 Å². The summed E-state index contributed by atoms with van der Waals surface area (Å²) in [6.07, 6.45) is 1.62. The number of aryl methyl sites for hydroxylation is 2. The quantitative estimate of drug-likeness (QED) is 0.744. The van der Waals surface area contributed by atoms with Gasteiger partial charge in [0.2, 0.25) is 0 Å². The van der Waals surface area contributed by atoms with Gasteiger partial charge in [-0.25, -0.2) is 4.98 Å². The van der Waals surface area contributed by atoms with Gasteiger partial charge in [-0.2, -0.15) is 9.80 Å². The Morgan fingerprint density at radius 1 is 1.17 bits per heavy atom. The SMILES string of the molecule is COc1ccc(N=Nc2c(C)[nH]n(-c3ccccn3)c2=O)c(C)c1. The van der Waals surface area contributed by atoms with Gasteiger partial charge in [0.1, 0.15) is 5.75 Å². The first-order valence-corrected chi connectivity index (χ1v) is 7.39. The van der Waals surface area contributed by atoms with Gasteiger partial charge in [0.05, 0.1) is 18.5 Å². The lowest BCUT2D eigenvalue weighted by atomic mass is 10.2. The lowest BCUT2D eigenvalue weighted by Gasteiger charge is -2.02. The van der Waals surface area contributed by atoms with E-state index in [0.717, 1.165) is 11.3 Å². The Bertz CT molecular complexity index is 941. The van der Waals surface area contributed by atoms with Crippen LogP contribution in [0.25, 0.3) is 5.82 Å². The number of hydrogen-bond donors (Lipinski definition) is 1. The van der Waals surface area contributed by atoms with E-state index in [9.17, 15) is 4.79 Å². The third kappa shape index (κ3) is 2.96. The van der Waals surface area contributed by atoms with Gasteiger partial charge in [-0.15, -0.1) is 5.11 Å². The predicted molar refractivity (Wildman–Crippen MR) is 90.8 cm³/mol. The zero-order chi connectivity index (χ0) is 17.1. The maximum Gasteiger partial charge on any atom is 0.300 e. The van der Waals surface area contributed by atoms with E-state index in [1.165, 1.54) is 4.68 Å². The van der Waals surface area contributed by atoms with Crippen molar-refractivity contribution in [2.45, 2.75) is 13.8 Å². The minimum absolute atomic E-state index is 0.260. The summed E-state index contributed by atoms with van der Waals surface area (Å²) in [6, 6.07) is 10.8. The van der Waals surface area contributed by atoms with Gasteiger partial charge in [0, 0.05) is 6.20 Å². The van der Waals surface area contributed by atoms with Crippen LogP contribution in [0.4, 0.5) is 11.4 Å². The fraction of sp³-hybridized carbons (Fsp3) is 0.176. The molecular weight excluding hydrogens is 306 g/mol. The molecule has 1 aromatic carbocycles. The van der Waals surface area contributed by atoms with Gasteiger partial charge in [-0.1, -0.05) is 6.07 Å². The molecule has 2 heterocycles. The minimum Gasteiger partial charge on any atom is -0.497 e. The van der Waals surface area contributed by atoms with E-state index in [4.69, 9.17) is 4.74 Å². The van der Waals surface area contributed by atoms with E-state index in [-0.39, 0.29) is 11.2 Å². The van der Waals surface area contributed by atoms with Crippen LogP contribution in [0.2, 0.25) is 0 Å². The molecule has 0 atom stereocenters. The molecule has 3 rings (SSSR count). The first kappa shape index (κ1) is 15.7. The highest BCUT2D eigenvalue weighted by Crippen LogP contribution is 2.25. The van der Waals surface area contributed by atoms with Crippen LogP contribution in [0, 0.1) is 13.8 Å². The summed E-state index contributed by atoms with van der Waals surface area (Å²) in [4.78, 5) is 16.7. The largest absolute Gasteiger partial charge is 0.497 e. The van der Waals surface area contributed by atoms with Crippen molar-refractivity contribution in [3.05, 3.63) is 64.2 Å². The summed E-state index contributed by atoms with van der Waals surface area (Å²) < 4.78 is 6.52. The van der Waals surface area contributed by atoms with Crippen molar-refractivity contribution in [1.29, 1.82) is 0 Å². The molecule has 7 nitrogen and oxygen atoms in total. The molecule has 122 valence electrons. The second-order valence-corrected chi connectivity index (χ2v) is 5.27. The average molecular weight is 323 g/mol. The smallest absolute Gasteiger partial charge is 0.300 e. The van der Waals surface area contributed by atoms with Crippen molar-refractivity contribution in [2.24, 2.45) is 10.2 Å². The molecule has 2 aromatic heterocycles. The molecule has 0 aliphatic rings. The summed E-state index contributed by atoms with van der Waals surface area (Å²) >= 11 is 0. The van der Waals surface area contributed by atoms with Crippen LogP contribution in [-0.2, 0) is 0 Å². The second-order valence-electron chi connectivity index (χ2n) is 5.27. The van der Waals surface area contributed by atoms with Gasteiger partial charge >= 0.3 is 5.56 Å². The van der Waals surface area contributed by atoms with Gasteiger partial charge in [-0.3, -0.25) is 9.89 Å². The van der Waals surface area contributed by atoms with Crippen molar-refractivity contribution in [1.82, 2.24) is 14.8 Å². The maximum atomic E-state index is 12.5. The van der Waals surface area contributed by atoms with E-state index < -0.39 is 0 Å². The molecule has 0 amide bonds. The molecule has 3 aromatic rings. The monoisotopic (exact) mass is 323 g/mol. The number of pyridine rings is 1. The van der Waals surface area contributed by atoms with Crippen LogP contribution in [0.5, 0.6) is 5.75 Å². The molecule has 0 spiro atoms. The maximum absolute atomic E-state index is 12.5. The van der Waals surface area contributed by atoms with Gasteiger partial charge in [0.25, 0.3) is 0 Å². The Kier molecular flexibility index (Phi) is 4.24. The van der Waals surface area contributed by atoms with Crippen LogP contribution < -0.4 is 10.3 Å². The molecule has 0 saturated heterocycles. The summed E-state index contributed by atoms with van der Waals surface area (Å²) in [5, 5.41) is 11.3. The molecule has 0 aliphatic heterocycles. The summed E-state index contributed by atoms with van der Waals surface area (Å²) in [7, 11) is 1.61. The fourth-order valence-corrected chi connectivity index (χ4v) is 2.27. The number of azo groups is 1. The summed E-state index contributed by atoms with van der Waals surface area (Å²) in [5.74, 6) is 1.26. The lowest BCUT2D eigenvalue weighted by molar-refractivity contribution is 0.414. The molecule has 24 heavy (non-hydrogen) atoms. The molecule has 0 unspecified atom stereocenters. The van der Waals surface area contributed by atoms with E-state index in [0.29, 0.717) is 17.2 Å². The molecule has 0 bridgehead atoms. The average Bonchev–Trinajstić information content (AvgIpc) is 2.89. The number of methoxy groups -OCH3 is 1. The predicted octanol–water partition coefficient (Wildman–Crippen LogP) is 3.60. The van der Waals surface area contributed by atoms with Crippen molar-refractivity contribution < 1.29 is 4.74 Å². The summed E-state index contributed by atoms with van der Waals surface area (Å²) in [6.45, 7) is 3.68. The number of ether oxygens (including phenoxy) is 1. The Labute approximate surface area is 138 Å². The van der Waals surface area contributed by atoms with E-state index in [2.05, 4.69) is 20.3 Å². The number of nitrogens with zero attached hydrogens (tertiary/aromatic N) is 4. The highest BCUT2D eigenvalue weighted by molar-refractivity contribution is 5.50. The molecular formula is C17H17N5O2. The Morgan fingerprint density at radius 2 is 2.00 bits per heavy atom. The number of hydrogen-bond acceptors (Lipinski definition) is 5. The third-order valence-corrected chi connectivity index (χ3v) is 3.58. The molecule has 0 saturated carbocycles. The van der Waals surface area contributed by atoms with Crippen LogP contribution in [0.3, 0.4) is 0 Å².